The molecule has 9 nitrogen and oxygen atoms in total. The number of halogens is 2. The Morgan fingerprint density at radius 2 is 1.97 bits per heavy atom. The van der Waals surface area contributed by atoms with Gasteiger partial charge in [0.15, 0.2) is 17.5 Å². The van der Waals surface area contributed by atoms with Gasteiger partial charge in [0, 0.05) is 18.2 Å². The van der Waals surface area contributed by atoms with E-state index in [2.05, 4.69) is 20.4 Å². The lowest BCUT2D eigenvalue weighted by Gasteiger charge is -2.13. The van der Waals surface area contributed by atoms with E-state index in [9.17, 15) is 13.6 Å². The lowest BCUT2D eigenvalue weighted by Crippen LogP contribution is -2.36. The van der Waals surface area contributed by atoms with Crippen LogP contribution in [0, 0.1) is 6.92 Å². The van der Waals surface area contributed by atoms with E-state index in [1.165, 1.54) is 13.2 Å². The number of methoxy groups -OCH3 is 1. The minimum absolute atomic E-state index is 0.0104. The Labute approximate surface area is 177 Å². The molecule has 0 saturated carbocycles. The number of carbonyl (C=O) groups is 1. The number of carbonyl (C=O) groups excluding carboxylic acids is 1. The molecule has 0 aliphatic carbocycles. The third kappa shape index (κ3) is 5.56. The van der Waals surface area contributed by atoms with Crippen LogP contribution in [0.15, 0.2) is 27.6 Å². The average Bonchev–Trinajstić information content (AvgIpc) is 3.34. The maximum Gasteiger partial charge on any atom is 0.387 e. The van der Waals surface area contributed by atoms with E-state index < -0.39 is 12.6 Å². The van der Waals surface area contributed by atoms with Gasteiger partial charge < -0.3 is 34.0 Å². The third-order valence-electron chi connectivity index (χ3n) is 4.33. The van der Waals surface area contributed by atoms with Crippen LogP contribution in [0.5, 0.6) is 17.2 Å². The zero-order valence-electron chi connectivity index (χ0n) is 17.3. The number of aryl methyl sites for hydroxylation is 1. The highest BCUT2D eigenvalue weighted by Crippen LogP contribution is 2.39. The van der Waals surface area contributed by atoms with Gasteiger partial charge in [0.1, 0.15) is 22.8 Å². The molecule has 2 aromatic rings. The SMILES string of the molecule is CCNC(=NCc1cc2c(cc1OC(F)F)OCO2)NCc1cc(C(=O)OC)c(C)o1. The van der Waals surface area contributed by atoms with Crippen molar-refractivity contribution < 1.29 is 36.9 Å². The van der Waals surface area contributed by atoms with Gasteiger partial charge in [-0.3, -0.25) is 0 Å². The molecule has 168 valence electrons. The number of nitrogens with zero attached hydrogens (tertiary/aromatic N) is 1. The van der Waals surface area contributed by atoms with Crippen molar-refractivity contribution in [1.82, 2.24) is 10.6 Å². The quantitative estimate of drug-likeness (QED) is 0.368. The van der Waals surface area contributed by atoms with Gasteiger partial charge >= 0.3 is 12.6 Å². The first kappa shape index (κ1) is 22.2. The van der Waals surface area contributed by atoms with Gasteiger partial charge in [-0.2, -0.15) is 8.78 Å². The van der Waals surface area contributed by atoms with E-state index in [0.717, 1.165) is 0 Å². The Hall–Kier alpha value is -3.50. The Kier molecular flexibility index (Phi) is 7.16. The molecule has 0 amide bonds. The molecule has 0 fully saturated rings. The van der Waals surface area contributed by atoms with Crippen LogP contribution in [-0.2, 0) is 17.8 Å². The molecule has 1 aliphatic rings. The van der Waals surface area contributed by atoms with Crippen molar-refractivity contribution in [2.75, 3.05) is 20.4 Å². The summed E-state index contributed by atoms with van der Waals surface area (Å²) in [6.07, 6.45) is 0. The van der Waals surface area contributed by atoms with Gasteiger partial charge in [-0.05, 0) is 26.0 Å². The van der Waals surface area contributed by atoms with Crippen molar-refractivity contribution in [3.8, 4) is 17.2 Å². The van der Waals surface area contributed by atoms with Crippen molar-refractivity contribution in [3.63, 3.8) is 0 Å². The van der Waals surface area contributed by atoms with Gasteiger partial charge in [0.2, 0.25) is 6.79 Å². The van der Waals surface area contributed by atoms with Gasteiger partial charge in [-0.15, -0.1) is 0 Å². The molecule has 0 spiro atoms. The summed E-state index contributed by atoms with van der Waals surface area (Å²) >= 11 is 0. The van der Waals surface area contributed by atoms with E-state index in [1.807, 2.05) is 6.92 Å². The summed E-state index contributed by atoms with van der Waals surface area (Å²) in [6.45, 7) is 1.42. The summed E-state index contributed by atoms with van der Waals surface area (Å²) in [4.78, 5) is 16.1. The number of esters is 1. The van der Waals surface area contributed by atoms with Crippen LogP contribution in [0.1, 0.15) is 34.4 Å². The number of aliphatic imine (C=N–C) groups is 1. The summed E-state index contributed by atoms with van der Waals surface area (Å²) in [5.41, 5.74) is 0.749. The number of ether oxygens (including phenoxy) is 4. The topological polar surface area (TPSA) is 104 Å². The maximum absolute atomic E-state index is 12.8. The zero-order valence-corrected chi connectivity index (χ0v) is 17.3. The number of guanidine groups is 1. The van der Waals surface area contributed by atoms with Crippen molar-refractivity contribution in [2.24, 2.45) is 4.99 Å². The molecule has 0 unspecified atom stereocenters. The van der Waals surface area contributed by atoms with Gasteiger partial charge in [0.25, 0.3) is 0 Å². The molecule has 1 aromatic heterocycles. The van der Waals surface area contributed by atoms with E-state index in [-0.39, 0.29) is 25.6 Å². The summed E-state index contributed by atoms with van der Waals surface area (Å²) in [7, 11) is 1.30. The van der Waals surface area contributed by atoms with Crippen LogP contribution < -0.4 is 24.8 Å². The van der Waals surface area contributed by atoms with E-state index in [1.54, 1.807) is 19.1 Å². The number of alkyl halides is 2. The lowest BCUT2D eigenvalue weighted by molar-refractivity contribution is -0.0505. The number of rotatable bonds is 8. The summed E-state index contributed by atoms with van der Waals surface area (Å²) in [5.74, 6) is 1.62. The maximum atomic E-state index is 12.8. The zero-order chi connectivity index (χ0) is 22.4. The predicted octanol–water partition coefficient (Wildman–Crippen LogP) is 2.96. The monoisotopic (exact) mass is 439 g/mol. The number of furan rings is 1. The molecule has 1 aliphatic heterocycles. The van der Waals surface area contributed by atoms with Crippen molar-refractivity contribution >= 4 is 11.9 Å². The van der Waals surface area contributed by atoms with Crippen LogP contribution >= 0.6 is 0 Å². The fourth-order valence-electron chi connectivity index (χ4n) is 2.91. The van der Waals surface area contributed by atoms with Gasteiger partial charge in [-0.1, -0.05) is 0 Å². The first-order chi connectivity index (χ1) is 14.9. The van der Waals surface area contributed by atoms with Gasteiger partial charge in [-0.25, -0.2) is 9.79 Å². The van der Waals surface area contributed by atoms with Crippen LogP contribution in [-0.4, -0.2) is 39.0 Å². The average molecular weight is 439 g/mol. The lowest BCUT2D eigenvalue weighted by atomic mass is 10.1. The van der Waals surface area contributed by atoms with Gasteiger partial charge in [0.05, 0.1) is 20.2 Å². The fourth-order valence-corrected chi connectivity index (χ4v) is 2.91. The standard InChI is InChI=1S/C20H23F2N3O6/c1-4-23-20(25-9-13-6-14(11(2)30-13)18(26)27-3)24-8-12-5-16-17(29-10-28-16)7-15(12)31-19(21)22/h5-7,19H,4,8-10H2,1-3H3,(H2,23,24,25). The molecule has 31 heavy (non-hydrogen) atoms. The van der Waals surface area contributed by atoms with E-state index >= 15 is 0 Å². The van der Waals surface area contributed by atoms with Crippen LogP contribution in [0.4, 0.5) is 8.78 Å². The van der Waals surface area contributed by atoms with Crippen molar-refractivity contribution in [1.29, 1.82) is 0 Å². The molecule has 0 bridgehead atoms. The molecule has 1 aromatic carbocycles. The number of nitrogens with one attached hydrogen (secondary N) is 2. The van der Waals surface area contributed by atoms with E-state index in [0.29, 0.717) is 46.7 Å². The second-order valence-electron chi connectivity index (χ2n) is 6.41. The van der Waals surface area contributed by atoms with E-state index in [4.69, 9.17) is 18.6 Å². The molecule has 3 rings (SSSR count). The second kappa shape index (κ2) is 10.0. The highest BCUT2D eigenvalue weighted by atomic mass is 19.3. The molecule has 2 N–H and O–H groups in total. The Balaban J connectivity index is 1.73. The predicted molar refractivity (Wildman–Crippen MR) is 106 cm³/mol. The number of hydrogen-bond donors (Lipinski definition) is 2. The Morgan fingerprint density at radius 3 is 2.65 bits per heavy atom. The minimum Gasteiger partial charge on any atom is -0.465 e. The molecular formula is C20H23F2N3O6. The minimum atomic E-state index is -2.99. The first-order valence-corrected chi connectivity index (χ1v) is 9.48. The number of hydrogen-bond acceptors (Lipinski definition) is 7. The molecule has 2 heterocycles. The Bertz CT molecular complexity index is 961. The van der Waals surface area contributed by atoms with Crippen LogP contribution in [0.2, 0.25) is 0 Å². The molecular weight excluding hydrogens is 416 g/mol. The summed E-state index contributed by atoms with van der Waals surface area (Å²) in [6, 6.07) is 4.51. The molecule has 0 atom stereocenters. The molecule has 0 saturated heterocycles. The van der Waals surface area contributed by atoms with Crippen molar-refractivity contribution in [3.05, 3.63) is 40.8 Å². The fraction of sp³-hybridized carbons (Fsp3) is 0.400. The third-order valence-corrected chi connectivity index (χ3v) is 4.33. The summed E-state index contributed by atoms with van der Waals surface area (Å²) < 4.78 is 51.0. The van der Waals surface area contributed by atoms with Crippen molar-refractivity contribution in [2.45, 2.75) is 33.5 Å². The normalized spacial score (nSPS) is 12.8. The first-order valence-electron chi connectivity index (χ1n) is 9.48. The Morgan fingerprint density at radius 1 is 1.23 bits per heavy atom. The molecule has 11 heteroatoms. The highest BCUT2D eigenvalue weighted by molar-refractivity contribution is 5.90. The molecule has 0 radical (unpaired) electrons. The largest absolute Gasteiger partial charge is 0.465 e. The highest BCUT2D eigenvalue weighted by Gasteiger charge is 2.20. The summed E-state index contributed by atoms with van der Waals surface area (Å²) in [5, 5.41) is 6.12. The number of fused-ring (bicyclic) bond motifs is 1. The van der Waals surface area contributed by atoms with Crippen LogP contribution in [0.25, 0.3) is 0 Å². The number of benzene rings is 1. The second-order valence-corrected chi connectivity index (χ2v) is 6.41. The smallest absolute Gasteiger partial charge is 0.387 e. The van der Waals surface area contributed by atoms with Crippen LogP contribution in [0.3, 0.4) is 0 Å².